The first-order chi connectivity index (χ1) is 12.9. The van der Waals surface area contributed by atoms with Crippen LogP contribution in [0, 0.1) is 11.3 Å². The fourth-order valence-electron chi connectivity index (χ4n) is 2.88. The second-order valence-corrected chi connectivity index (χ2v) is 8.20. The average molecular weight is 411 g/mol. The number of halogens is 3. The number of fused-ring (bicyclic) bond motifs is 1. The second-order valence-electron chi connectivity index (χ2n) is 6.10. The number of nitrogens with one attached hydrogen (secondary N) is 1. The molecule has 142 valence electrons. The number of aromatic nitrogens is 1. The van der Waals surface area contributed by atoms with Crippen LogP contribution < -0.4 is 5.32 Å². The van der Waals surface area contributed by atoms with Crippen molar-refractivity contribution < 1.29 is 18.0 Å². The number of amides is 1. The lowest BCUT2D eigenvalue weighted by molar-refractivity contribution is -0.137. The third-order valence-corrected chi connectivity index (χ3v) is 6.35. The van der Waals surface area contributed by atoms with Crippen molar-refractivity contribution in [3.8, 4) is 6.07 Å². The highest BCUT2D eigenvalue weighted by Crippen LogP contribution is 2.37. The van der Waals surface area contributed by atoms with E-state index in [0.717, 1.165) is 66.6 Å². The number of thioether (sulfide) groups is 1. The Labute approximate surface area is 162 Å². The van der Waals surface area contributed by atoms with Crippen LogP contribution in [-0.4, -0.2) is 16.6 Å². The highest BCUT2D eigenvalue weighted by molar-refractivity contribution is 7.99. The summed E-state index contributed by atoms with van der Waals surface area (Å²) < 4.78 is 37.6. The molecular weight excluding hydrogens is 395 g/mol. The first-order valence-electron chi connectivity index (χ1n) is 8.39. The summed E-state index contributed by atoms with van der Waals surface area (Å²) in [6, 6.07) is 4.39. The molecular formula is C18H16F3N3OS2. The van der Waals surface area contributed by atoms with Crippen LogP contribution in [0.4, 0.5) is 18.2 Å². The molecule has 0 aromatic carbocycles. The van der Waals surface area contributed by atoms with Gasteiger partial charge in [-0.05, 0) is 43.4 Å². The lowest BCUT2D eigenvalue weighted by atomic mass is 10.1. The van der Waals surface area contributed by atoms with Gasteiger partial charge in [0.1, 0.15) is 11.1 Å². The first-order valence-corrected chi connectivity index (χ1v) is 10.2. The summed E-state index contributed by atoms with van der Waals surface area (Å²) in [5.74, 6) is -0.305. The van der Waals surface area contributed by atoms with E-state index in [1.807, 2.05) is 0 Å². The number of carbonyl (C=O) groups excluding carboxylic acids is 1. The van der Waals surface area contributed by atoms with E-state index in [4.69, 9.17) is 0 Å². The Morgan fingerprint density at radius 1 is 1.30 bits per heavy atom. The van der Waals surface area contributed by atoms with E-state index in [0.29, 0.717) is 15.6 Å². The van der Waals surface area contributed by atoms with Crippen LogP contribution in [0.5, 0.6) is 0 Å². The molecule has 1 N–H and O–H groups in total. The van der Waals surface area contributed by atoms with E-state index < -0.39 is 11.7 Å². The Balaban J connectivity index is 1.62. The number of hydrogen-bond donors (Lipinski definition) is 1. The minimum Gasteiger partial charge on any atom is -0.316 e. The highest BCUT2D eigenvalue weighted by atomic mass is 32.2. The van der Waals surface area contributed by atoms with Gasteiger partial charge < -0.3 is 5.32 Å². The summed E-state index contributed by atoms with van der Waals surface area (Å²) in [6.45, 7) is 0. The zero-order valence-electron chi connectivity index (χ0n) is 14.2. The molecule has 1 aliphatic rings. The van der Waals surface area contributed by atoms with Gasteiger partial charge in [0.05, 0.1) is 21.9 Å². The lowest BCUT2D eigenvalue weighted by Crippen LogP contribution is -2.14. The second kappa shape index (κ2) is 8.31. The summed E-state index contributed by atoms with van der Waals surface area (Å²) in [6.07, 6.45) is 1.37. The van der Waals surface area contributed by atoms with Crippen molar-refractivity contribution in [2.45, 2.75) is 43.3 Å². The normalized spacial score (nSPS) is 14.1. The molecule has 2 aromatic rings. The SMILES string of the molecule is N#Cc1c(NC(=O)CSc2ccc(C(F)(F)F)cn2)sc2c1CCCCC2. The molecule has 0 aliphatic heterocycles. The van der Waals surface area contributed by atoms with Gasteiger partial charge in [-0.1, -0.05) is 18.2 Å². The zero-order valence-corrected chi connectivity index (χ0v) is 15.9. The van der Waals surface area contributed by atoms with Gasteiger partial charge in [-0.25, -0.2) is 4.98 Å². The minimum absolute atomic E-state index is 0.00575. The number of anilines is 1. The standard InChI is InChI=1S/C18H16F3N3OS2/c19-18(20,21)11-6-7-16(23-9-11)26-10-15(25)24-17-13(8-22)12-4-2-1-3-5-14(12)27-17/h6-7,9H,1-5,10H2,(H,24,25). The fourth-order valence-corrected chi connectivity index (χ4v) is 4.78. The molecule has 9 heteroatoms. The summed E-state index contributed by atoms with van der Waals surface area (Å²) in [7, 11) is 0. The Morgan fingerprint density at radius 3 is 2.74 bits per heavy atom. The summed E-state index contributed by atoms with van der Waals surface area (Å²) in [5.41, 5.74) is 0.769. The molecule has 4 nitrogen and oxygen atoms in total. The highest BCUT2D eigenvalue weighted by Gasteiger charge is 2.30. The summed E-state index contributed by atoms with van der Waals surface area (Å²) >= 11 is 2.50. The van der Waals surface area contributed by atoms with Gasteiger partial charge >= 0.3 is 6.18 Å². The van der Waals surface area contributed by atoms with E-state index in [2.05, 4.69) is 16.4 Å². The van der Waals surface area contributed by atoms with Crippen molar-refractivity contribution in [2.75, 3.05) is 11.1 Å². The van der Waals surface area contributed by atoms with Crippen molar-refractivity contribution >= 4 is 34.0 Å². The maximum absolute atomic E-state index is 12.5. The van der Waals surface area contributed by atoms with Crippen LogP contribution in [0.25, 0.3) is 0 Å². The number of nitriles is 1. The molecule has 0 atom stereocenters. The molecule has 0 saturated heterocycles. The number of aryl methyl sites for hydroxylation is 1. The number of thiophene rings is 1. The molecule has 0 unspecified atom stereocenters. The van der Waals surface area contributed by atoms with Crippen LogP contribution >= 0.6 is 23.1 Å². The van der Waals surface area contributed by atoms with E-state index in [9.17, 15) is 23.2 Å². The molecule has 3 rings (SSSR count). The molecule has 2 aromatic heterocycles. The smallest absolute Gasteiger partial charge is 0.316 e. The van der Waals surface area contributed by atoms with Crippen molar-refractivity contribution in [1.29, 1.82) is 5.26 Å². The van der Waals surface area contributed by atoms with E-state index in [1.54, 1.807) is 0 Å². The number of carbonyl (C=O) groups is 1. The van der Waals surface area contributed by atoms with Gasteiger partial charge in [0.2, 0.25) is 5.91 Å². The number of nitrogens with zero attached hydrogens (tertiary/aromatic N) is 2. The Morgan fingerprint density at radius 2 is 2.07 bits per heavy atom. The van der Waals surface area contributed by atoms with E-state index >= 15 is 0 Å². The van der Waals surface area contributed by atoms with Gasteiger partial charge in [-0.3, -0.25) is 4.79 Å². The number of alkyl halides is 3. The Bertz CT molecular complexity index is 870. The van der Waals surface area contributed by atoms with Crippen LogP contribution in [0.15, 0.2) is 23.4 Å². The average Bonchev–Trinajstić information content (AvgIpc) is 2.79. The molecule has 0 fully saturated rings. The van der Waals surface area contributed by atoms with Crippen molar-refractivity contribution in [3.05, 3.63) is 39.9 Å². The fraction of sp³-hybridized carbons (Fsp3) is 0.389. The maximum Gasteiger partial charge on any atom is 0.417 e. The summed E-state index contributed by atoms with van der Waals surface area (Å²) in [5, 5.41) is 13.1. The van der Waals surface area contributed by atoms with Crippen LogP contribution in [0.3, 0.4) is 0 Å². The van der Waals surface area contributed by atoms with E-state index in [1.165, 1.54) is 17.4 Å². The van der Waals surface area contributed by atoms with Crippen LogP contribution in [0.2, 0.25) is 0 Å². The van der Waals surface area contributed by atoms with Gasteiger partial charge in [-0.2, -0.15) is 18.4 Å². The lowest BCUT2D eigenvalue weighted by Gasteiger charge is -2.07. The van der Waals surface area contributed by atoms with Gasteiger partial charge in [-0.15, -0.1) is 11.3 Å². The molecule has 0 bridgehead atoms. The molecule has 2 heterocycles. The monoisotopic (exact) mass is 411 g/mol. The predicted molar refractivity (Wildman–Crippen MR) is 98.9 cm³/mol. The molecule has 1 amide bonds. The third kappa shape index (κ3) is 4.82. The largest absolute Gasteiger partial charge is 0.417 e. The van der Waals surface area contributed by atoms with Crippen molar-refractivity contribution in [3.63, 3.8) is 0 Å². The van der Waals surface area contributed by atoms with Gasteiger partial charge in [0.25, 0.3) is 0 Å². The third-order valence-electron chi connectivity index (χ3n) is 4.20. The zero-order chi connectivity index (χ0) is 19.4. The topological polar surface area (TPSA) is 65.8 Å². The summed E-state index contributed by atoms with van der Waals surface area (Å²) in [4.78, 5) is 17.1. The molecule has 27 heavy (non-hydrogen) atoms. The quantitative estimate of drug-likeness (QED) is 0.566. The first kappa shape index (κ1) is 19.7. The van der Waals surface area contributed by atoms with Crippen molar-refractivity contribution in [1.82, 2.24) is 4.98 Å². The Hall–Kier alpha value is -2.05. The van der Waals surface area contributed by atoms with Gasteiger partial charge in [0.15, 0.2) is 0 Å². The Kier molecular flexibility index (Phi) is 6.07. The molecule has 0 spiro atoms. The van der Waals surface area contributed by atoms with E-state index in [-0.39, 0.29) is 11.7 Å². The number of pyridine rings is 1. The molecule has 0 saturated carbocycles. The molecule has 0 radical (unpaired) electrons. The van der Waals surface area contributed by atoms with Crippen LogP contribution in [0.1, 0.15) is 40.8 Å². The number of hydrogen-bond acceptors (Lipinski definition) is 5. The minimum atomic E-state index is -4.43. The predicted octanol–water partition coefficient (Wildman–Crippen LogP) is 5.03. The van der Waals surface area contributed by atoms with Gasteiger partial charge in [0, 0.05) is 11.1 Å². The molecule has 1 aliphatic carbocycles. The van der Waals surface area contributed by atoms with Crippen LogP contribution in [-0.2, 0) is 23.8 Å². The maximum atomic E-state index is 12.5. The van der Waals surface area contributed by atoms with Crippen molar-refractivity contribution in [2.24, 2.45) is 0 Å². The number of rotatable bonds is 4.